The topological polar surface area (TPSA) is 27.0 Å². The van der Waals surface area contributed by atoms with Gasteiger partial charge in [0.25, 0.3) is 0 Å². The van der Waals surface area contributed by atoms with Crippen LogP contribution in [0.5, 0.6) is 0 Å². The normalized spacial score (nSPS) is 31.5. The van der Waals surface area contributed by atoms with Crippen LogP contribution in [0.2, 0.25) is 0 Å². The molecule has 15 heavy (non-hydrogen) atoms. The van der Waals surface area contributed by atoms with Crippen LogP contribution < -0.4 is 0 Å². The SMILES string of the molecule is CC1CCC(C#N)C(SCCN(C)C)C1. The summed E-state index contributed by atoms with van der Waals surface area (Å²) in [5, 5.41) is 9.66. The number of nitrogens with zero attached hydrogens (tertiary/aromatic N) is 2. The lowest BCUT2D eigenvalue weighted by molar-refractivity contribution is 0.345. The van der Waals surface area contributed by atoms with E-state index in [4.69, 9.17) is 5.26 Å². The fraction of sp³-hybridized carbons (Fsp3) is 0.917. The summed E-state index contributed by atoms with van der Waals surface area (Å²) < 4.78 is 0. The molecule has 0 aliphatic heterocycles. The van der Waals surface area contributed by atoms with Crippen LogP contribution in [0, 0.1) is 23.2 Å². The van der Waals surface area contributed by atoms with E-state index >= 15 is 0 Å². The van der Waals surface area contributed by atoms with E-state index in [9.17, 15) is 0 Å². The van der Waals surface area contributed by atoms with Crippen molar-refractivity contribution in [1.82, 2.24) is 4.90 Å². The minimum absolute atomic E-state index is 0.299. The van der Waals surface area contributed by atoms with Gasteiger partial charge in [0.1, 0.15) is 0 Å². The van der Waals surface area contributed by atoms with Gasteiger partial charge < -0.3 is 4.90 Å². The van der Waals surface area contributed by atoms with Gasteiger partial charge in [0.2, 0.25) is 0 Å². The number of thioether (sulfide) groups is 1. The molecule has 0 radical (unpaired) electrons. The van der Waals surface area contributed by atoms with E-state index in [0.29, 0.717) is 11.2 Å². The van der Waals surface area contributed by atoms with Crippen LogP contribution in [0.25, 0.3) is 0 Å². The molecule has 2 nitrogen and oxygen atoms in total. The largest absolute Gasteiger partial charge is 0.309 e. The van der Waals surface area contributed by atoms with Crippen molar-refractivity contribution >= 4 is 11.8 Å². The second-order valence-electron chi connectivity index (χ2n) is 4.87. The van der Waals surface area contributed by atoms with E-state index in [2.05, 4.69) is 32.0 Å². The van der Waals surface area contributed by atoms with Crippen molar-refractivity contribution in [2.24, 2.45) is 11.8 Å². The van der Waals surface area contributed by atoms with Crippen LogP contribution in [0.4, 0.5) is 0 Å². The molecule has 3 heteroatoms. The predicted molar refractivity (Wildman–Crippen MR) is 66.9 cm³/mol. The monoisotopic (exact) mass is 226 g/mol. The molecule has 0 aromatic carbocycles. The van der Waals surface area contributed by atoms with E-state index in [1.165, 1.54) is 12.8 Å². The summed E-state index contributed by atoms with van der Waals surface area (Å²) in [6, 6.07) is 2.48. The molecule has 0 heterocycles. The second kappa shape index (κ2) is 6.40. The third kappa shape index (κ3) is 4.44. The standard InChI is InChI=1S/C12H22N2S/c1-10-4-5-11(9-13)12(8-10)15-7-6-14(2)3/h10-12H,4-8H2,1-3H3. The molecular weight excluding hydrogens is 204 g/mol. The van der Waals surface area contributed by atoms with Gasteiger partial charge in [-0.05, 0) is 39.3 Å². The first kappa shape index (κ1) is 12.9. The zero-order chi connectivity index (χ0) is 11.3. The summed E-state index contributed by atoms with van der Waals surface area (Å²) in [6.45, 7) is 3.43. The maximum atomic E-state index is 9.08. The number of nitriles is 1. The molecule has 1 saturated carbocycles. The maximum absolute atomic E-state index is 9.08. The molecule has 1 fully saturated rings. The molecule has 3 atom stereocenters. The van der Waals surface area contributed by atoms with Gasteiger partial charge in [0.05, 0.1) is 12.0 Å². The van der Waals surface area contributed by atoms with E-state index < -0.39 is 0 Å². The highest BCUT2D eigenvalue weighted by Gasteiger charge is 2.28. The number of hydrogen-bond donors (Lipinski definition) is 0. The molecule has 0 aromatic heterocycles. The summed E-state index contributed by atoms with van der Waals surface area (Å²) in [6.07, 6.45) is 3.58. The third-order valence-electron chi connectivity index (χ3n) is 3.09. The Balaban J connectivity index is 2.33. The van der Waals surface area contributed by atoms with Gasteiger partial charge in [-0.3, -0.25) is 0 Å². The van der Waals surface area contributed by atoms with Crippen molar-refractivity contribution in [1.29, 1.82) is 5.26 Å². The lowest BCUT2D eigenvalue weighted by atomic mass is 9.83. The van der Waals surface area contributed by atoms with Crippen LogP contribution in [0.1, 0.15) is 26.2 Å². The molecule has 0 N–H and O–H groups in total. The summed E-state index contributed by atoms with van der Waals surface area (Å²) in [5.74, 6) is 2.27. The summed E-state index contributed by atoms with van der Waals surface area (Å²) in [5.41, 5.74) is 0. The van der Waals surface area contributed by atoms with Gasteiger partial charge in [0, 0.05) is 17.5 Å². The lowest BCUT2D eigenvalue weighted by Gasteiger charge is -2.30. The Kier molecular flexibility index (Phi) is 5.49. The zero-order valence-corrected chi connectivity index (χ0v) is 10.9. The smallest absolute Gasteiger partial charge is 0.0667 e. The highest BCUT2D eigenvalue weighted by Crippen LogP contribution is 2.35. The van der Waals surface area contributed by atoms with Crippen molar-refractivity contribution in [2.45, 2.75) is 31.4 Å². The Bertz CT molecular complexity index is 222. The predicted octanol–water partition coefficient (Wildman–Crippen LogP) is 2.61. The molecule has 0 saturated heterocycles. The Labute approximate surface area is 98.0 Å². The summed E-state index contributed by atoms with van der Waals surface area (Å²) in [7, 11) is 4.21. The first-order chi connectivity index (χ1) is 7.13. The van der Waals surface area contributed by atoms with E-state index in [1.807, 2.05) is 11.8 Å². The van der Waals surface area contributed by atoms with E-state index in [1.54, 1.807) is 0 Å². The van der Waals surface area contributed by atoms with Crippen molar-refractivity contribution in [2.75, 3.05) is 26.4 Å². The molecule has 86 valence electrons. The molecule has 1 aliphatic carbocycles. The Morgan fingerprint density at radius 1 is 1.40 bits per heavy atom. The molecule has 1 aliphatic rings. The number of rotatable bonds is 4. The molecule has 0 amide bonds. The average molecular weight is 226 g/mol. The molecule has 0 aromatic rings. The zero-order valence-electron chi connectivity index (χ0n) is 10.1. The van der Waals surface area contributed by atoms with Gasteiger partial charge in [-0.25, -0.2) is 0 Å². The van der Waals surface area contributed by atoms with Gasteiger partial charge in [0.15, 0.2) is 0 Å². The maximum Gasteiger partial charge on any atom is 0.0667 e. The van der Waals surface area contributed by atoms with Gasteiger partial charge in [-0.2, -0.15) is 17.0 Å². The Morgan fingerprint density at radius 2 is 2.13 bits per heavy atom. The first-order valence-corrected chi connectivity index (χ1v) is 6.84. The van der Waals surface area contributed by atoms with Crippen molar-refractivity contribution in [3.05, 3.63) is 0 Å². The van der Waals surface area contributed by atoms with Crippen LogP contribution in [0.15, 0.2) is 0 Å². The average Bonchev–Trinajstić information content (AvgIpc) is 2.17. The highest BCUT2D eigenvalue weighted by atomic mass is 32.2. The minimum atomic E-state index is 0.299. The third-order valence-corrected chi connectivity index (χ3v) is 4.46. The second-order valence-corrected chi connectivity index (χ2v) is 6.21. The highest BCUT2D eigenvalue weighted by molar-refractivity contribution is 7.99. The lowest BCUT2D eigenvalue weighted by Crippen LogP contribution is -2.26. The van der Waals surface area contributed by atoms with Crippen LogP contribution in [-0.2, 0) is 0 Å². The molecule has 0 bridgehead atoms. The van der Waals surface area contributed by atoms with E-state index in [0.717, 1.165) is 24.6 Å². The van der Waals surface area contributed by atoms with Crippen molar-refractivity contribution in [3.63, 3.8) is 0 Å². The first-order valence-electron chi connectivity index (χ1n) is 5.79. The van der Waals surface area contributed by atoms with Crippen molar-refractivity contribution < 1.29 is 0 Å². The van der Waals surface area contributed by atoms with Gasteiger partial charge in [-0.15, -0.1) is 0 Å². The number of hydrogen-bond acceptors (Lipinski definition) is 3. The Morgan fingerprint density at radius 3 is 2.73 bits per heavy atom. The summed E-state index contributed by atoms with van der Waals surface area (Å²) in [4.78, 5) is 2.21. The van der Waals surface area contributed by atoms with Crippen LogP contribution in [0.3, 0.4) is 0 Å². The Hall–Kier alpha value is -0.200. The fourth-order valence-corrected chi connectivity index (χ4v) is 3.71. The molecule has 1 rings (SSSR count). The fourth-order valence-electron chi connectivity index (χ4n) is 2.05. The van der Waals surface area contributed by atoms with Gasteiger partial charge in [-0.1, -0.05) is 6.92 Å². The quantitative estimate of drug-likeness (QED) is 0.737. The molecule has 0 spiro atoms. The van der Waals surface area contributed by atoms with Crippen LogP contribution >= 0.6 is 11.8 Å². The van der Waals surface area contributed by atoms with Crippen LogP contribution in [-0.4, -0.2) is 36.5 Å². The summed E-state index contributed by atoms with van der Waals surface area (Å²) >= 11 is 2.00. The van der Waals surface area contributed by atoms with Gasteiger partial charge >= 0.3 is 0 Å². The van der Waals surface area contributed by atoms with Crippen molar-refractivity contribution in [3.8, 4) is 6.07 Å². The minimum Gasteiger partial charge on any atom is -0.309 e. The van der Waals surface area contributed by atoms with E-state index in [-0.39, 0.29) is 0 Å². The molecule has 3 unspecified atom stereocenters. The molecular formula is C12H22N2S.